The van der Waals surface area contributed by atoms with Crippen LogP contribution in [0.25, 0.3) is 0 Å². The standard InChI is InChI=1S/C11H10BrNOS/c1-2-9-7-15-11(13-9)14-10-5-3-4-8(12)6-10/h3-7H,2H2,1H3. The minimum atomic E-state index is 0.699. The monoisotopic (exact) mass is 283 g/mol. The highest BCUT2D eigenvalue weighted by Gasteiger charge is 2.02. The third kappa shape index (κ3) is 2.79. The summed E-state index contributed by atoms with van der Waals surface area (Å²) in [5.41, 5.74) is 1.07. The number of halogens is 1. The van der Waals surface area contributed by atoms with Gasteiger partial charge in [-0.2, -0.15) is 0 Å². The molecule has 0 saturated heterocycles. The molecule has 1 aromatic heterocycles. The summed E-state index contributed by atoms with van der Waals surface area (Å²) in [7, 11) is 0. The molecule has 0 saturated carbocycles. The lowest BCUT2D eigenvalue weighted by molar-refractivity contribution is 0.477. The van der Waals surface area contributed by atoms with Crippen LogP contribution in [0.3, 0.4) is 0 Å². The second-order valence-corrected chi connectivity index (χ2v) is 4.75. The van der Waals surface area contributed by atoms with E-state index in [2.05, 4.69) is 27.8 Å². The molecule has 78 valence electrons. The molecule has 0 aliphatic carbocycles. The van der Waals surface area contributed by atoms with Gasteiger partial charge in [-0.1, -0.05) is 40.3 Å². The SMILES string of the molecule is CCc1csc(Oc2cccc(Br)c2)n1. The predicted octanol–water partition coefficient (Wildman–Crippen LogP) is 4.26. The number of ether oxygens (including phenoxy) is 1. The van der Waals surface area contributed by atoms with Crippen LogP contribution in [-0.2, 0) is 6.42 Å². The number of rotatable bonds is 3. The summed E-state index contributed by atoms with van der Waals surface area (Å²) in [4.78, 5) is 4.33. The molecule has 0 aliphatic heterocycles. The van der Waals surface area contributed by atoms with Crippen LogP contribution in [-0.4, -0.2) is 4.98 Å². The van der Waals surface area contributed by atoms with Crippen LogP contribution in [0, 0.1) is 0 Å². The molecule has 0 amide bonds. The summed E-state index contributed by atoms with van der Waals surface area (Å²) in [5.74, 6) is 0.807. The quantitative estimate of drug-likeness (QED) is 0.840. The zero-order chi connectivity index (χ0) is 10.7. The van der Waals surface area contributed by atoms with Crippen LogP contribution in [0.4, 0.5) is 0 Å². The van der Waals surface area contributed by atoms with E-state index in [1.807, 2.05) is 29.6 Å². The molecular weight excluding hydrogens is 274 g/mol. The summed E-state index contributed by atoms with van der Waals surface area (Å²) in [6, 6.07) is 7.74. The number of hydrogen-bond donors (Lipinski definition) is 0. The zero-order valence-corrected chi connectivity index (χ0v) is 10.6. The summed E-state index contributed by atoms with van der Waals surface area (Å²) in [5, 5.41) is 2.72. The summed E-state index contributed by atoms with van der Waals surface area (Å²) in [6.45, 7) is 2.08. The molecule has 2 nitrogen and oxygen atoms in total. The summed E-state index contributed by atoms with van der Waals surface area (Å²) < 4.78 is 6.63. The van der Waals surface area contributed by atoms with Gasteiger partial charge in [0.15, 0.2) is 0 Å². The molecule has 0 spiro atoms. The molecule has 0 N–H and O–H groups in total. The van der Waals surface area contributed by atoms with Crippen molar-refractivity contribution in [1.82, 2.24) is 4.98 Å². The van der Waals surface area contributed by atoms with Gasteiger partial charge in [-0.25, -0.2) is 4.98 Å². The number of thiazole rings is 1. The Morgan fingerprint density at radius 3 is 3.00 bits per heavy atom. The van der Waals surface area contributed by atoms with Gasteiger partial charge in [0.05, 0.1) is 5.69 Å². The van der Waals surface area contributed by atoms with Crippen LogP contribution in [0.1, 0.15) is 12.6 Å². The van der Waals surface area contributed by atoms with Crippen molar-refractivity contribution in [2.24, 2.45) is 0 Å². The van der Waals surface area contributed by atoms with Crippen LogP contribution < -0.4 is 4.74 Å². The molecule has 1 heterocycles. The second kappa shape index (κ2) is 4.77. The van der Waals surface area contributed by atoms with Crippen LogP contribution in [0.15, 0.2) is 34.1 Å². The van der Waals surface area contributed by atoms with Crippen molar-refractivity contribution < 1.29 is 4.74 Å². The minimum Gasteiger partial charge on any atom is -0.431 e. The van der Waals surface area contributed by atoms with E-state index in [0.29, 0.717) is 5.19 Å². The molecular formula is C11H10BrNOS. The van der Waals surface area contributed by atoms with E-state index in [4.69, 9.17) is 4.74 Å². The topological polar surface area (TPSA) is 22.1 Å². The number of aromatic nitrogens is 1. The van der Waals surface area contributed by atoms with Crippen molar-refractivity contribution in [2.75, 3.05) is 0 Å². The summed E-state index contributed by atoms with van der Waals surface area (Å²) >= 11 is 4.92. The molecule has 4 heteroatoms. The van der Waals surface area contributed by atoms with E-state index < -0.39 is 0 Å². The average Bonchev–Trinajstić information content (AvgIpc) is 2.65. The highest BCUT2D eigenvalue weighted by Crippen LogP contribution is 2.27. The lowest BCUT2D eigenvalue weighted by Crippen LogP contribution is -1.84. The Labute approximate surface area is 101 Å². The van der Waals surface area contributed by atoms with Gasteiger partial charge in [-0.15, -0.1) is 0 Å². The third-order valence-electron chi connectivity index (χ3n) is 1.89. The first kappa shape index (κ1) is 10.6. The molecule has 2 rings (SSSR count). The van der Waals surface area contributed by atoms with Crippen molar-refractivity contribution in [3.63, 3.8) is 0 Å². The fraction of sp³-hybridized carbons (Fsp3) is 0.182. The third-order valence-corrected chi connectivity index (χ3v) is 3.15. The first-order chi connectivity index (χ1) is 7.28. The van der Waals surface area contributed by atoms with Crippen LogP contribution >= 0.6 is 27.3 Å². The van der Waals surface area contributed by atoms with Crippen LogP contribution in [0.5, 0.6) is 10.9 Å². The predicted molar refractivity (Wildman–Crippen MR) is 65.7 cm³/mol. The van der Waals surface area contributed by atoms with Gasteiger partial charge in [0.2, 0.25) is 0 Å². The molecule has 15 heavy (non-hydrogen) atoms. The number of benzene rings is 1. The van der Waals surface area contributed by atoms with E-state index in [1.54, 1.807) is 0 Å². The first-order valence-corrected chi connectivity index (χ1v) is 6.33. The van der Waals surface area contributed by atoms with E-state index in [1.165, 1.54) is 11.3 Å². The van der Waals surface area contributed by atoms with E-state index in [0.717, 1.165) is 22.3 Å². The molecule has 1 aromatic carbocycles. The second-order valence-electron chi connectivity index (χ2n) is 3.02. The van der Waals surface area contributed by atoms with Gasteiger partial charge in [-0.3, -0.25) is 0 Å². The lowest BCUT2D eigenvalue weighted by Gasteiger charge is -2.00. The fourth-order valence-corrected chi connectivity index (χ4v) is 2.28. The largest absolute Gasteiger partial charge is 0.431 e. The number of hydrogen-bond acceptors (Lipinski definition) is 3. The maximum absolute atomic E-state index is 5.62. The van der Waals surface area contributed by atoms with Crippen molar-refractivity contribution in [1.29, 1.82) is 0 Å². The maximum Gasteiger partial charge on any atom is 0.278 e. The molecule has 0 bridgehead atoms. The Bertz CT molecular complexity index is 455. The van der Waals surface area contributed by atoms with E-state index in [-0.39, 0.29) is 0 Å². The van der Waals surface area contributed by atoms with Crippen LogP contribution in [0.2, 0.25) is 0 Å². The van der Waals surface area contributed by atoms with Gasteiger partial charge in [0.25, 0.3) is 5.19 Å². The van der Waals surface area contributed by atoms with E-state index >= 15 is 0 Å². The Kier molecular flexibility index (Phi) is 3.38. The number of nitrogens with zero attached hydrogens (tertiary/aromatic N) is 1. The fourth-order valence-electron chi connectivity index (χ4n) is 1.13. The number of aryl methyl sites for hydroxylation is 1. The van der Waals surface area contributed by atoms with Gasteiger partial charge in [0.1, 0.15) is 5.75 Å². The molecule has 0 fully saturated rings. The smallest absolute Gasteiger partial charge is 0.278 e. The Morgan fingerprint density at radius 2 is 2.33 bits per heavy atom. The van der Waals surface area contributed by atoms with Gasteiger partial charge >= 0.3 is 0 Å². The molecule has 0 radical (unpaired) electrons. The molecule has 0 aliphatic rings. The highest BCUT2D eigenvalue weighted by molar-refractivity contribution is 9.10. The Hall–Kier alpha value is -0.870. The molecule has 0 atom stereocenters. The highest BCUT2D eigenvalue weighted by atomic mass is 79.9. The summed E-state index contributed by atoms with van der Waals surface area (Å²) in [6.07, 6.45) is 0.943. The van der Waals surface area contributed by atoms with Crippen molar-refractivity contribution in [3.05, 3.63) is 39.8 Å². The minimum absolute atomic E-state index is 0.699. The normalized spacial score (nSPS) is 10.3. The Balaban J connectivity index is 2.14. The van der Waals surface area contributed by atoms with Crippen molar-refractivity contribution >= 4 is 27.3 Å². The Morgan fingerprint density at radius 1 is 1.47 bits per heavy atom. The van der Waals surface area contributed by atoms with Gasteiger partial charge < -0.3 is 4.74 Å². The van der Waals surface area contributed by atoms with Gasteiger partial charge in [-0.05, 0) is 24.6 Å². The molecule has 0 unspecified atom stereocenters. The zero-order valence-electron chi connectivity index (χ0n) is 8.24. The molecule has 2 aromatic rings. The van der Waals surface area contributed by atoms with Gasteiger partial charge in [0, 0.05) is 9.85 Å². The van der Waals surface area contributed by atoms with Crippen molar-refractivity contribution in [3.8, 4) is 10.9 Å². The average molecular weight is 284 g/mol. The maximum atomic E-state index is 5.62. The van der Waals surface area contributed by atoms with E-state index in [9.17, 15) is 0 Å². The lowest BCUT2D eigenvalue weighted by atomic mass is 10.3. The van der Waals surface area contributed by atoms with Crippen molar-refractivity contribution in [2.45, 2.75) is 13.3 Å². The first-order valence-electron chi connectivity index (χ1n) is 4.65.